The van der Waals surface area contributed by atoms with Crippen LogP contribution in [-0.2, 0) is 26.1 Å². The van der Waals surface area contributed by atoms with Crippen molar-refractivity contribution in [2.45, 2.75) is 17.4 Å². The van der Waals surface area contributed by atoms with E-state index in [4.69, 9.17) is 9.88 Å². The summed E-state index contributed by atoms with van der Waals surface area (Å²) in [5.74, 6) is -1.72. The number of rotatable bonds is 6. The van der Waals surface area contributed by atoms with Crippen molar-refractivity contribution in [3.63, 3.8) is 0 Å². The Balaban J connectivity index is 1.96. The van der Waals surface area contributed by atoms with E-state index in [1.807, 2.05) is 6.07 Å². The van der Waals surface area contributed by atoms with Gasteiger partial charge in [0.05, 0.1) is 29.1 Å². The van der Waals surface area contributed by atoms with Crippen LogP contribution in [0.25, 0.3) is 11.0 Å². The van der Waals surface area contributed by atoms with Crippen LogP contribution in [0, 0.1) is 11.3 Å². The molecule has 0 unspecified atom stereocenters. The highest BCUT2D eigenvalue weighted by Crippen LogP contribution is 2.25. The number of fused-ring (bicyclic) bond motifs is 1. The fourth-order valence-corrected chi connectivity index (χ4v) is 3.19. The largest absolute Gasteiger partial charge is 0.468 e. The third-order valence-electron chi connectivity index (χ3n) is 4.15. The summed E-state index contributed by atoms with van der Waals surface area (Å²) in [6.45, 7) is 0.254. The Morgan fingerprint density at radius 2 is 1.79 bits per heavy atom. The zero-order chi connectivity index (χ0) is 21.0. The first-order valence-electron chi connectivity index (χ1n) is 8.43. The van der Waals surface area contributed by atoms with Crippen LogP contribution in [0.5, 0.6) is 0 Å². The molecule has 0 aliphatic rings. The number of anilines is 1. The molecule has 1 atom stereocenters. The Hall–Kier alpha value is -3.55. The molecule has 0 spiro atoms. The number of benzene rings is 2. The Morgan fingerprint density at radius 1 is 1.17 bits per heavy atom. The number of primary sulfonamides is 1. The molecule has 2 aromatic carbocycles. The standard InChI is InChI=1S/C19H17N5O4S/c1-28-19(25)14(10-20)17-18(24-16-5-3-2-4-15(16)23-17)22-11-12-6-8-13(9-7-12)29(21,26)27/h2-9,14H,11H2,1H3,(H,22,24)(H2,21,26,27)/t14-/m1/s1. The Bertz CT molecular complexity index is 1200. The van der Waals surface area contributed by atoms with Gasteiger partial charge in [0, 0.05) is 6.54 Å². The number of carbonyl (C=O) groups is 1. The van der Waals surface area contributed by atoms with Crippen molar-refractivity contribution in [1.82, 2.24) is 9.97 Å². The van der Waals surface area contributed by atoms with E-state index in [1.54, 1.807) is 36.4 Å². The maximum Gasteiger partial charge on any atom is 0.329 e. The number of aromatic nitrogens is 2. The molecule has 1 aromatic heterocycles. The van der Waals surface area contributed by atoms with E-state index in [0.717, 1.165) is 5.56 Å². The van der Waals surface area contributed by atoms with Gasteiger partial charge in [0.25, 0.3) is 0 Å². The molecule has 0 amide bonds. The third kappa shape index (κ3) is 4.48. The van der Waals surface area contributed by atoms with Crippen LogP contribution in [0.4, 0.5) is 5.82 Å². The van der Waals surface area contributed by atoms with Crippen LogP contribution >= 0.6 is 0 Å². The predicted octanol–water partition coefficient (Wildman–Crippen LogP) is 1.67. The minimum Gasteiger partial charge on any atom is -0.468 e. The summed E-state index contributed by atoms with van der Waals surface area (Å²) in [4.78, 5) is 20.9. The molecule has 10 heteroatoms. The van der Waals surface area contributed by atoms with Gasteiger partial charge in [0.15, 0.2) is 11.7 Å². The first-order chi connectivity index (χ1) is 13.8. The molecule has 29 heavy (non-hydrogen) atoms. The van der Waals surface area contributed by atoms with Crippen molar-refractivity contribution in [2.75, 3.05) is 12.4 Å². The van der Waals surface area contributed by atoms with Crippen molar-refractivity contribution in [1.29, 1.82) is 5.26 Å². The molecule has 0 saturated carbocycles. The van der Waals surface area contributed by atoms with Gasteiger partial charge < -0.3 is 10.1 Å². The Kier molecular flexibility index (Phi) is 5.72. The lowest BCUT2D eigenvalue weighted by molar-refractivity contribution is -0.141. The van der Waals surface area contributed by atoms with Gasteiger partial charge in [0.2, 0.25) is 10.0 Å². The number of hydrogen-bond acceptors (Lipinski definition) is 8. The van der Waals surface area contributed by atoms with Crippen molar-refractivity contribution < 1.29 is 17.9 Å². The molecular formula is C19H17N5O4S. The monoisotopic (exact) mass is 411 g/mol. The predicted molar refractivity (Wildman–Crippen MR) is 105 cm³/mol. The number of para-hydroxylation sites is 2. The van der Waals surface area contributed by atoms with Crippen LogP contribution in [0.1, 0.15) is 17.2 Å². The second-order valence-corrected chi connectivity index (χ2v) is 7.64. The van der Waals surface area contributed by atoms with Crippen LogP contribution in [-0.4, -0.2) is 31.5 Å². The zero-order valence-corrected chi connectivity index (χ0v) is 16.2. The minimum atomic E-state index is -3.77. The highest BCUT2D eigenvalue weighted by Gasteiger charge is 2.27. The molecule has 1 heterocycles. The SMILES string of the molecule is COC(=O)[C@H](C#N)c1nc2ccccc2nc1NCc1ccc(S(N)(=O)=O)cc1. The number of methoxy groups -OCH3 is 1. The number of carbonyl (C=O) groups excluding carboxylic acids is 1. The number of ether oxygens (including phenoxy) is 1. The lowest BCUT2D eigenvalue weighted by Crippen LogP contribution is -2.17. The molecule has 3 aromatic rings. The van der Waals surface area contributed by atoms with Gasteiger partial charge >= 0.3 is 5.97 Å². The second-order valence-electron chi connectivity index (χ2n) is 6.07. The smallest absolute Gasteiger partial charge is 0.329 e. The van der Waals surface area contributed by atoms with Crippen LogP contribution in [0.2, 0.25) is 0 Å². The van der Waals surface area contributed by atoms with Gasteiger partial charge in [-0.1, -0.05) is 24.3 Å². The van der Waals surface area contributed by atoms with Gasteiger partial charge in [-0.3, -0.25) is 4.79 Å². The van der Waals surface area contributed by atoms with Gasteiger partial charge in [-0.15, -0.1) is 0 Å². The molecule has 0 radical (unpaired) electrons. The summed E-state index contributed by atoms with van der Waals surface area (Å²) in [6, 6.07) is 15.0. The molecule has 3 N–H and O–H groups in total. The first kappa shape index (κ1) is 20.2. The summed E-state index contributed by atoms with van der Waals surface area (Å²) < 4.78 is 27.4. The Morgan fingerprint density at radius 3 is 2.34 bits per heavy atom. The zero-order valence-electron chi connectivity index (χ0n) is 15.4. The van der Waals surface area contributed by atoms with Gasteiger partial charge in [0.1, 0.15) is 5.69 Å². The van der Waals surface area contributed by atoms with Crippen LogP contribution in [0.3, 0.4) is 0 Å². The average molecular weight is 411 g/mol. The highest BCUT2D eigenvalue weighted by molar-refractivity contribution is 7.89. The molecular weight excluding hydrogens is 394 g/mol. The third-order valence-corrected chi connectivity index (χ3v) is 5.08. The van der Waals surface area contributed by atoms with Crippen molar-refractivity contribution in [3.8, 4) is 6.07 Å². The molecule has 0 fully saturated rings. The van der Waals surface area contributed by atoms with Gasteiger partial charge in [-0.25, -0.2) is 23.5 Å². The molecule has 0 bridgehead atoms. The number of esters is 1. The molecule has 3 rings (SSSR count). The number of nitriles is 1. The number of hydrogen-bond donors (Lipinski definition) is 2. The molecule has 148 valence electrons. The second kappa shape index (κ2) is 8.22. The first-order valence-corrected chi connectivity index (χ1v) is 9.98. The van der Waals surface area contributed by atoms with E-state index in [9.17, 15) is 18.5 Å². The van der Waals surface area contributed by atoms with E-state index in [2.05, 4.69) is 15.3 Å². The number of nitrogens with two attached hydrogens (primary N) is 1. The van der Waals surface area contributed by atoms with Gasteiger partial charge in [-0.05, 0) is 29.8 Å². The summed E-state index contributed by atoms with van der Waals surface area (Å²) in [5.41, 5.74) is 2.02. The minimum absolute atomic E-state index is 0.00247. The maximum atomic E-state index is 12.0. The van der Waals surface area contributed by atoms with Crippen molar-refractivity contribution in [3.05, 3.63) is 59.8 Å². The van der Waals surface area contributed by atoms with Gasteiger partial charge in [-0.2, -0.15) is 5.26 Å². The van der Waals surface area contributed by atoms with Crippen LogP contribution < -0.4 is 10.5 Å². The summed E-state index contributed by atoms with van der Waals surface area (Å²) in [6.07, 6.45) is 0. The maximum absolute atomic E-state index is 12.0. The lowest BCUT2D eigenvalue weighted by Gasteiger charge is -2.14. The highest BCUT2D eigenvalue weighted by atomic mass is 32.2. The average Bonchev–Trinajstić information content (AvgIpc) is 2.72. The number of sulfonamides is 1. The molecule has 0 aliphatic heterocycles. The fraction of sp³-hybridized carbons (Fsp3) is 0.158. The Labute approximate surface area is 167 Å². The molecule has 0 aliphatic carbocycles. The summed E-state index contributed by atoms with van der Waals surface area (Å²) >= 11 is 0. The summed E-state index contributed by atoms with van der Waals surface area (Å²) in [7, 11) is -2.58. The molecule has 9 nitrogen and oxygen atoms in total. The van der Waals surface area contributed by atoms with E-state index in [0.29, 0.717) is 11.0 Å². The van der Waals surface area contributed by atoms with E-state index in [1.165, 1.54) is 19.2 Å². The van der Waals surface area contributed by atoms with E-state index in [-0.39, 0.29) is 23.0 Å². The lowest BCUT2D eigenvalue weighted by atomic mass is 10.1. The summed E-state index contributed by atoms with van der Waals surface area (Å²) in [5, 5.41) is 17.6. The topological polar surface area (TPSA) is 148 Å². The van der Waals surface area contributed by atoms with Crippen LogP contribution in [0.15, 0.2) is 53.4 Å². The fourth-order valence-electron chi connectivity index (χ4n) is 2.67. The quantitative estimate of drug-likeness (QED) is 0.582. The van der Waals surface area contributed by atoms with E-state index < -0.39 is 21.9 Å². The van der Waals surface area contributed by atoms with E-state index >= 15 is 0 Å². The van der Waals surface area contributed by atoms with Crippen molar-refractivity contribution in [2.24, 2.45) is 5.14 Å². The van der Waals surface area contributed by atoms with Crippen molar-refractivity contribution >= 4 is 32.8 Å². The molecule has 0 saturated heterocycles. The number of nitrogens with one attached hydrogen (secondary N) is 1. The normalized spacial score (nSPS) is 12.2. The number of nitrogens with zero attached hydrogens (tertiary/aromatic N) is 3.